The Bertz CT molecular complexity index is 430. The van der Waals surface area contributed by atoms with Crippen LogP contribution in [0.3, 0.4) is 0 Å². The van der Waals surface area contributed by atoms with Crippen molar-refractivity contribution >= 4 is 23.2 Å². The van der Waals surface area contributed by atoms with Crippen LogP contribution in [-0.4, -0.2) is 11.6 Å². The Hall–Kier alpha value is -1.35. The fraction of sp³-hybridized carbons (Fsp3) is 0.429. The van der Waals surface area contributed by atoms with E-state index in [-0.39, 0.29) is 5.91 Å². The Morgan fingerprint density at radius 1 is 1.06 bits per heavy atom. The summed E-state index contributed by atoms with van der Waals surface area (Å²) in [6.07, 6.45) is 6.89. The van der Waals surface area contributed by atoms with Crippen LogP contribution in [0.1, 0.15) is 48.9 Å². The van der Waals surface area contributed by atoms with E-state index in [1.54, 1.807) is 24.3 Å². The highest BCUT2D eigenvalue weighted by Crippen LogP contribution is 2.14. The third kappa shape index (κ3) is 3.84. The zero-order valence-electron chi connectivity index (χ0n) is 10.3. The van der Waals surface area contributed by atoms with E-state index in [1.807, 2.05) is 0 Å². The van der Waals surface area contributed by atoms with Crippen LogP contribution in [0.4, 0.5) is 0 Å². The molecule has 1 amide bonds. The summed E-state index contributed by atoms with van der Waals surface area (Å²) >= 11 is 5.77. The molecule has 1 fully saturated rings. The molecule has 0 saturated heterocycles. The van der Waals surface area contributed by atoms with Gasteiger partial charge < -0.3 is 0 Å². The standard InChI is InChI=1S/C14H17ClN2O/c15-12-9-7-11(8-10-12)14(18)17-16-13-5-3-1-2-4-6-13/h7-10H,1-6H2,(H,17,18). The Kier molecular flexibility index (Phi) is 4.76. The van der Waals surface area contributed by atoms with Crippen molar-refractivity contribution in [2.45, 2.75) is 38.5 Å². The quantitative estimate of drug-likeness (QED) is 0.641. The summed E-state index contributed by atoms with van der Waals surface area (Å²) in [4.78, 5) is 11.8. The first-order valence-electron chi connectivity index (χ1n) is 6.37. The predicted octanol–water partition coefficient (Wildman–Crippen LogP) is 3.78. The van der Waals surface area contributed by atoms with Crippen molar-refractivity contribution in [3.05, 3.63) is 34.9 Å². The van der Waals surface area contributed by atoms with Crippen molar-refractivity contribution in [2.75, 3.05) is 0 Å². The van der Waals surface area contributed by atoms with Crippen LogP contribution < -0.4 is 5.43 Å². The minimum absolute atomic E-state index is 0.177. The van der Waals surface area contributed by atoms with Gasteiger partial charge in [-0.1, -0.05) is 24.4 Å². The maximum Gasteiger partial charge on any atom is 0.271 e. The van der Waals surface area contributed by atoms with Crippen LogP contribution in [0.2, 0.25) is 5.02 Å². The fourth-order valence-electron chi connectivity index (χ4n) is 2.04. The van der Waals surface area contributed by atoms with Crippen LogP contribution in [0, 0.1) is 0 Å². The number of carbonyl (C=O) groups is 1. The minimum atomic E-state index is -0.177. The molecule has 4 heteroatoms. The Balaban J connectivity index is 1.94. The number of nitrogens with one attached hydrogen (secondary N) is 1. The van der Waals surface area contributed by atoms with Gasteiger partial charge in [-0.25, -0.2) is 5.43 Å². The lowest BCUT2D eigenvalue weighted by Gasteiger charge is -2.03. The van der Waals surface area contributed by atoms with Gasteiger partial charge in [0.1, 0.15) is 0 Å². The Morgan fingerprint density at radius 2 is 1.67 bits per heavy atom. The smallest absolute Gasteiger partial charge is 0.267 e. The molecule has 96 valence electrons. The molecule has 1 aromatic carbocycles. The first kappa shape index (κ1) is 13.1. The van der Waals surface area contributed by atoms with E-state index >= 15 is 0 Å². The lowest BCUT2D eigenvalue weighted by Crippen LogP contribution is -2.19. The molecule has 0 heterocycles. The molecule has 0 unspecified atom stereocenters. The van der Waals surface area contributed by atoms with Gasteiger partial charge in [0.25, 0.3) is 5.91 Å². The average Bonchev–Trinajstić information content (AvgIpc) is 2.65. The monoisotopic (exact) mass is 264 g/mol. The SMILES string of the molecule is O=C(NN=C1CCCCCC1)c1ccc(Cl)cc1. The molecular formula is C14H17ClN2O. The summed E-state index contributed by atoms with van der Waals surface area (Å²) in [6.45, 7) is 0. The van der Waals surface area contributed by atoms with E-state index in [0.29, 0.717) is 10.6 Å². The van der Waals surface area contributed by atoms with Crippen LogP contribution >= 0.6 is 11.6 Å². The topological polar surface area (TPSA) is 41.5 Å². The fourth-order valence-corrected chi connectivity index (χ4v) is 2.17. The predicted molar refractivity (Wildman–Crippen MR) is 74.1 cm³/mol. The molecule has 1 aliphatic carbocycles. The van der Waals surface area contributed by atoms with Gasteiger partial charge in [0, 0.05) is 16.3 Å². The number of benzene rings is 1. The molecule has 0 aliphatic heterocycles. The number of rotatable bonds is 2. The molecule has 1 N–H and O–H groups in total. The number of hydrogen-bond acceptors (Lipinski definition) is 2. The zero-order chi connectivity index (χ0) is 12.8. The molecule has 2 rings (SSSR count). The summed E-state index contributed by atoms with van der Waals surface area (Å²) in [5, 5.41) is 4.85. The summed E-state index contributed by atoms with van der Waals surface area (Å²) < 4.78 is 0. The highest BCUT2D eigenvalue weighted by atomic mass is 35.5. The molecule has 0 bridgehead atoms. The molecule has 1 saturated carbocycles. The third-order valence-electron chi connectivity index (χ3n) is 3.10. The molecule has 3 nitrogen and oxygen atoms in total. The van der Waals surface area contributed by atoms with E-state index in [2.05, 4.69) is 10.5 Å². The van der Waals surface area contributed by atoms with Crippen LogP contribution in [0.25, 0.3) is 0 Å². The number of hydrogen-bond donors (Lipinski definition) is 1. The normalized spacial score (nSPS) is 15.9. The largest absolute Gasteiger partial charge is 0.271 e. The maximum absolute atomic E-state index is 11.8. The first-order chi connectivity index (χ1) is 8.75. The second-order valence-electron chi connectivity index (χ2n) is 4.54. The van der Waals surface area contributed by atoms with E-state index < -0.39 is 0 Å². The van der Waals surface area contributed by atoms with Crippen molar-refractivity contribution in [1.29, 1.82) is 0 Å². The summed E-state index contributed by atoms with van der Waals surface area (Å²) in [5.74, 6) is -0.177. The summed E-state index contributed by atoms with van der Waals surface area (Å²) in [5.41, 5.74) is 4.31. The second kappa shape index (κ2) is 6.55. The lowest BCUT2D eigenvalue weighted by molar-refractivity contribution is 0.0954. The molecule has 0 radical (unpaired) electrons. The van der Waals surface area contributed by atoms with Crippen LogP contribution in [-0.2, 0) is 0 Å². The van der Waals surface area contributed by atoms with Gasteiger partial charge in [-0.05, 0) is 49.9 Å². The van der Waals surface area contributed by atoms with Gasteiger partial charge in [-0.2, -0.15) is 5.10 Å². The Morgan fingerprint density at radius 3 is 2.28 bits per heavy atom. The molecule has 1 aliphatic rings. The molecule has 0 atom stereocenters. The highest BCUT2D eigenvalue weighted by molar-refractivity contribution is 6.30. The van der Waals surface area contributed by atoms with Gasteiger partial charge in [0.05, 0.1) is 0 Å². The maximum atomic E-state index is 11.8. The van der Waals surface area contributed by atoms with Gasteiger partial charge >= 0.3 is 0 Å². The molecule has 0 aromatic heterocycles. The number of nitrogens with zero attached hydrogens (tertiary/aromatic N) is 1. The molecule has 18 heavy (non-hydrogen) atoms. The number of halogens is 1. The van der Waals surface area contributed by atoms with Gasteiger partial charge in [0.2, 0.25) is 0 Å². The summed E-state index contributed by atoms with van der Waals surface area (Å²) in [6, 6.07) is 6.81. The van der Waals surface area contributed by atoms with Gasteiger partial charge in [-0.3, -0.25) is 4.79 Å². The Labute approximate surface area is 112 Å². The van der Waals surface area contributed by atoms with E-state index in [1.165, 1.54) is 25.7 Å². The summed E-state index contributed by atoms with van der Waals surface area (Å²) in [7, 11) is 0. The van der Waals surface area contributed by atoms with Crippen molar-refractivity contribution in [3.63, 3.8) is 0 Å². The van der Waals surface area contributed by atoms with Gasteiger partial charge in [0.15, 0.2) is 0 Å². The number of carbonyl (C=O) groups excluding carboxylic acids is 1. The molecular weight excluding hydrogens is 248 g/mol. The zero-order valence-corrected chi connectivity index (χ0v) is 11.0. The van der Waals surface area contributed by atoms with Crippen molar-refractivity contribution in [1.82, 2.24) is 5.43 Å². The van der Waals surface area contributed by atoms with E-state index in [4.69, 9.17) is 11.6 Å². The van der Waals surface area contributed by atoms with Crippen LogP contribution in [0.5, 0.6) is 0 Å². The van der Waals surface area contributed by atoms with E-state index in [9.17, 15) is 4.79 Å². The molecule has 1 aromatic rings. The van der Waals surface area contributed by atoms with Crippen molar-refractivity contribution in [3.8, 4) is 0 Å². The minimum Gasteiger partial charge on any atom is -0.267 e. The van der Waals surface area contributed by atoms with Crippen molar-refractivity contribution in [2.24, 2.45) is 5.10 Å². The number of hydrazone groups is 1. The second-order valence-corrected chi connectivity index (χ2v) is 4.98. The average molecular weight is 265 g/mol. The first-order valence-corrected chi connectivity index (χ1v) is 6.75. The third-order valence-corrected chi connectivity index (χ3v) is 3.35. The molecule has 0 spiro atoms. The number of amides is 1. The highest BCUT2D eigenvalue weighted by Gasteiger charge is 2.07. The van der Waals surface area contributed by atoms with Crippen LogP contribution in [0.15, 0.2) is 29.4 Å². The lowest BCUT2D eigenvalue weighted by atomic mass is 10.2. The van der Waals surface area contributed by atoms with Crippen molar-refractivity contribution < 1.29 is 4.79 Å². The van der Waals surface area contributed by atoms with Gasteiger partial charge in [-0.15, -0.1) is 0 Å². The van der Waals surface area contributed by atoms with E-state index in [0.717, 1.165) is 18.6 Å².